The molecule has 0 radical (unpaired) electrons. The fourth-order valence-electron chi connectivity index (χ4n) is 7.34. The Morgan fingerprint density at radius 2 is 1.92 bits per heavy atom. The highest BCUT2D eigenvalue weighted by atomic mass is 32.2. The molecule has 270 valence electrons. The summed E-state index contributed by atoms with van der Waals surface area (Å²) in [5.41, 5.74) is -1.52. The van der Waals surface area contributed by atoms with Crippen LogP contribution in [-0.2, 0) is 24.4 Å². The van der Waals surface area contributed by atoms with E-state index in [9.17, 15) is 32.7 Å². The normalized spacial score (nSPS) is 30.3. The number of allylic oxidation sites excluding steroid dienone is 1. The molecule has 0 unspecified atom stereocenters. The number of methoxy groups -OCH3 is 1. The van der Waals surface area contributed by atoms with E-state index in [2.05, 4.69) is 20.3 Å². The molecule has 4 amide bonds. The van der Waals surface area contributed by atoms with Crippen LogP contribution in [0, 0.1) is 17.8 Å². The molecule has 7 atom stereocenters. The molecule has 2 saturated carbocycles. The lowest BCUT2D eigenvalue weighted by Crippen LogP contribution is -2.59. The molecular weight excluding hydrogens is 666 g/mol. The van der Waals surface area contributed by atoms with Crippen molar-refractivity contribution in [2.24, 2.45) is 17.8 Å². The van der Waals surface area contributed by atoms with Gasteiger partial charge in [0.1, 0.15) is 23.7 Å². The van der Waals surface area contributed by atoms with E-state index in [0.29, 0.717) is 43.4 Å². The molecule has 2 aliphatic heterocycles. The van der Waals surface area contributed by atoms with Gasteiger partial charge in [-0.15, -0.1) is 0 Å². The third kappa shape index (κ3) is 7.37. The van der Waals surface area contributed by atoms with Crippen LogP contribution in [0.15, 0.2) is 42.5 Å². The van der Waals surface area contributed by atoms with Crippen molar-refractivity contribution >= 4 is 44.6 Å². The number of carbonyl (C=O) groups excluding carboxylic acids is 3. The minimum Gasteiger partial charge on any atom is -0.481 e. The Morgan fingerprint density at radius 1 is 1.16 bits per heavy atom. The van der Waals surface area contributed by atoms with E-state index in [1.165, 1.54) is 12.0 Å². The first-order valence-corrected chi connectivity index (χ1v) is 18.8. The van der Waals surface area contributed by atoms with E-state index in [1.54, 1.807) is 6.07 Å². The van der Waals surface area contributed by atoms with Gasteiger partial charge < -0.3 is 30.1 Å². The van der Waals surface area contributed by atoms with Crippen molar-refractivity contribution in [3.05, 3.63) is 42.5 Å². The van der Waals surface area contributed by atoms with Crippen molar-refractivity contribution in [2.75, 3.05) is 13.7 Å². The average Bonchev–Trinajstić information content (AvgIpc) is 4.01. The van der Waals surface area contributed by atoms with E-state index in [0.717, 1.165) is 11.8 Å². The van der Waals surface area contributed by atoms with Crippen molar-refractivity contribution in [3.8, 4) is 11.8 Å². The number of hydrogen-bond donors (Lipinski definition) is 4. The summed E-state index contributed by atoms with van der Waals surface area (Å²) in [6.07, 6.45) is 5.32. The first-order chi connectivity index (χ1) is 23.8. The van der Waals surface area contributed by atoms with Gasteiger partial charge >= 0.3 is 6.09 Å². The molecule has 2 aromatic rings. The van der Waals surface area contributed by atoms with E-state index >= 15 is 0 Å². The molecule has 15 heteroatoms. The summed E-state index contributed by atoms with van der Waals surface area (Å²) in [5.74, 6) is -2.15. The summed E-state index contributed by atoms with van der Waals surface area (Å²) >= 11 is 0. The number of carbonyl (C=O) groups is 4. The monoisotopic (exact) mass is 711 g/mol. The fourth-order valence-corrected chi connectivity index (χ4v) is 8.71. The van der Waals surface area contributed by atoms with Crippen LogP contribution in [0.5, 0.6) is 11.8 Å². The Kier molecular flexibility index (Phi) is 9.98. The predicted octanol–water partition coefficient (Wildman–Crippen LogP) is 3.11. The van der Waals surface area contributed by atoms with Crippen LogP contribution in [0.3, 0.4) is 0 Å². The van der Waals surface area contributed by atoms with E-state index < -0.39 is 68.7 Å². The highest BCUT2D eigenvalue weighted by Crippen LogP contribution is 2.46. The van der Waals surface area contributed by atoms with Gasteiger partial charge in [-0.2, -0.15) is 4.98 Å². The minimum atomic E-state index is -3.90. The fraction of sp³-hybridized carbons (Fsp3) is 0.571. The molecule has 3 fully saturated rings. The van der Waals surface area contributed by atoms with E-state index in [4.69, 9.17) is 9.47 Å². The van der Waals surface area contributed by atoms with Crippen LogP contribution in [0.1, 0.15) is 65.2 Å². The largest absolute Gasteiger partial charge is 0.481 e. The van der Waals surface area contributed by atoms with Crippen molar-refractivity contribution in [1.29, 1.82) is 0 Å². The van der Waals surface area contributed by atoms with Crippen molar-refractivity contribution in [3.63, 3.8) is 0 Å². The number of sulfonamides is 1. The Labute approximate surface area is 291 Å². The lowest BCUT2D eigenvalue weighted by Gasteiger charge is -2.33. The van der Waals surface area contributed by atoms with E-state index in [1.807, 2.05) is 50.3 Å². The smallest absolute Gasteiger partial charge is 0.405 e. The van der Waals surface area contributed by atoms with Gasteiger partial charge in [-0.05, 0) is 61.8 Å². The second-order valence-corrected chi connectivity index (χ2v) is 16.0. The maximum absolute atomic E-state index is 14.5. The number of ether oxygens (including phenoxy) is 2. The average molecular weight is 712 g/mol. The molecule has 6 rings (SSSR count). The number of pyridine rings is 1. The summed E-state index contributed by atoms with van der Waals surface area (Å²) in [5, 5.41) is 16.0. The minimum absolute atomic E-state index is 0.0103. The summed E-state index contributed by atoms with van der Waals surface area (Å²) < 4.78 is 39.6. The molecule has 1 aromatic carbocycles. The van der Waals surface area contributed by atoms with E-state index in [-0.39, 0.29) is 37.1 Å². The van der Waals surface area contributed by atoms with Gasteiger partial charge in [0.2, 0.25) is 33.6 Å². The molecule has 0 bridgehead atoms. The third-order valence-electron chi connectivity index (χ3n) is 10.4. The second-order valence-electron chi connectivity index (χ2n) is 14.1. The molecule has 50 heavy (non-hydrogen) atoms. The van der Waals surface area contributed by atoms with Crippen LogP contribution in [0.4, 0.5) is 4.79 Å². The summed E-state index contributed by atoms with van der Waals surface area (Å²) in [6.45, 7) is 3.89. The number of nitrogens with zero attached hydrogens (tertiary/aromatic N) is 2. The van der Waals surface area contributed by atoms with Gasteiger partial charge in [0.25, 0.3) is 5.91 Å². The zero-order chi connectivity index (χ0) is 35.8. The first-order valence-electron chi connectivity index (χ1n) is 17.3. The first kappa shape index (κ1) is 35.4. The number of fused-ring (bicyclic) bond motifs is 3. The Morgan fingerprint density at radius 3 is 2.62 bits per heavy atom. The van der Waals surface area contributed by atoms with Gasteiger partial charge in [-0.1, -0.05) is 50.6 Å². The number of carboxylic acid groups (broad SMARTS) is 1. The second kappa shape index (κ2) is 14.1. The number of rotatable bonds is 8. The standard InChI is InChI=1S/C35H45N5O9S/c1-4-21-15-20(2)9-5-7-11-23-18-35(23,33(43)39-50(46,47)25-13-14-25)38-30(41)27-17-24(19-40(27)32(42)29(21)37-34(44)45)49-31-26-12-8-6-10-22(26)16-28(36-31)48-3/h6-8,10-12,16,20-21,23-25,27,29,37H,4-5,9,13-15,17-19H2,1-3H3,(H,38,41)(H,39,43)(H,44,45)/t20-,21+,23+,24+,27-,29-,35+/m0/s1. The van der Waals surface area contributed by atoms with Crippen LogP contribution >= 0.6 is 0 Å². The van der Waals surface area contributed by atoms with Crippen molar-refractivity contribution < 1.29 is 42.2 Å². The van der Waals surface area contributed by atoms with Crippen molar-refractivity contribution in [2.45, 2.75) is 94.2 Å². The number of hydrogen-bond acceptors (Lipinski definition) is 9. The molecule has 4 N–H and O–H groups in total. The maximum atomic E-state index is 14.5. The van der Waals surface area contributed by atoms with Crippen LogP contribution < -0.4 is 24.8 Å². The quantitative estimate of drug-likeness (QED) is 0.296. The van der Waals surface area contributed by atoms with Crippen LogP contribution in [0.25, 0.3) is 10.8 Å². The van der Waals surface area contributed by atoms with Gasteiger partial charge in [0.05, 0.1) is 18.9 Å². The van der Waals surface area contributed by atoms with Gasteiger partial charge in [0, 0.05) is 23.8 Å². The summed E-state index contributed by atoms with van der Waals surface area (Å²) in [7, 11) is -2.41. The number of nitrogens with one attached hydrogen (secondary N) is 3. The third-order valence-corrected chi connectivity index (χ3v) is 12.2. The topological polar surface area (TPSA) is 193 Å². The zero-order valence-corrected chi connectivity index (χ0v) is 29.3. The van der Waals surface area contributed by atoms with Gasteiger partial charge in [0.15, 0.2) is 0 Å². The van der Waals surface area contributed by atoms with Gasteiger partial charge in [-0.3, -0.25) is 19.1 Å². The molecule has 1 saturated heterocycles. The molecule has 3 heterocycles. The molecule has 14 nitrogen and oxygen atoms in total. The zero-order valence-electron chi connectivity index (χ0n) is 28.5. The van der Waals surface area contributed by atoms with Crippen LogP contribution in [0.2, 0.25) is 0 Å². The number of amides is 4. The Balaban J connectivity index is 1.36. The highest BCUT2D eigenvalue weighted by Gasteiger charge is 2.62. The predicted molar refractivity (Wildman–Crippen MR) is 183 cm³/mol. The van der Waals surface area contributed by atoms with Crippen molar-refractivity contribution in [1.82, 2.24) is 25.2 Å². The Bertz CT molecular complexity index is 1800. The van der Waals surface area contributed by atoms with Gasteiger partial charge in [-0.25, -0.2) is 13.2 Å². The molecule has 4 aliphatic rings. The summed E-state index contributed by atoms with van der Waals surface area (Å²) in [6, 6.07) is 6.88. The maximum Gasteiger partial charge on any atom is 0.405 e. The van der Waals surface area contributed by atoms with Crippen LogP contribution in [-0.4, -0.2) is 89.9 Å². The molecule has 2 aliphatic carbocycles. The highest BCUT2D eigenvalue weighted by molar-refractivity contribution is 7.91. The SMILES string of the molecule is CC[C@@H]1C[C@@H](C)CCC=C[C@@H]2C[C@@]2(C(=O)NS(=O)(=O)C2CC2)NC(=O)[C@@H]2C[C@@H](Oc3nc(OC)cc4ccccc34)CN2C(=O)[C@H]1NC(=O)O. The molecule has 1 aromatic heterocycles. The Hall–Kier alpha value is -4.40. The lowest BCUT2D eigenvalue weighted by atomic mass is 9.85. The molecule has 0 spiro atoms. The molecular formula is C35H45N5O9S. The summed E-state index contributed by atoms with van der Waals surface area (Å²) in [4.78, 5) is 60.3. The number of benzene rings is 1. The lowest BCUT2D eigenvalue weighted by molar-refractivity contribution is -0.142. The number of aromatic nitrogens is 1.